The lowest BCUT2D eigenvalue weighted by atomic mass is 9.95. The van der Waals surface area contributed by atoms with E-state index in [1.807, 2.05) is 0 Å². The largest absolute Gasteiger partial charge is 0.444 e. The standard InChI is InChI=1S/C24H28F2N4O4/c1-14-9-18(13-27-20(14)29-23(33)34-24(2,3)4)28-21(31)22(32)30-8-6-5-7-19(30)15-10-16(25)12-17(26)11-15/h9-13,19H,5-8H2,1-4H3,(H,28,31)(H,27,29,33)/t19-/m0/s1. The van der Waals surface area contributed by atoms with E-state index >= 15 is 0 Å². The third-order valence-electron chi connectivity index (χ3n) is 5.18. The number of halogens is 2. The SMILES string of the molecule is Cc1cc(NC(=O)C(=O)N2CCCC[C@H]2c2cc(F)cc(F)c2)cnc1NC(=O)OC(C)(C)C. The van der Waals surface area contributed by atoms with Gasteiger partial charge in [-0.3, -0.25) is 14.9 Å². The Morgan fingerprint density at radius 1 is 1.06 bits per heavy atom. The lowest BCUT2D eigenvalue weighted by Crippen LogP contribution is -2.44. The minimum Gasteiger partial charge on any atom is -0.444 e. The molecule has 1 aromatic carbocycles. The molecule has 3 amide bonds. The fourth-order valence-corrected chi connectivity index (χ4v) is 3.78. The second-order valence-electron chi connectivity index (χ2n) is 9.18. The Balaban J connectivity index is 1.70. The van der Waals surface area contributed by atoms with E-state index in [1.165, 1.54) is 23.2 Å². The summed E-state index contributed by atoms with van der Waals surface area (Å²) < 4.78 is 32.6. The van der Waals surface area contributed by atoms with Crippen LogP contribution in [0.1, 0.15) is 57.2 Å². The molecule has 3 rings (SSSR count). The third-order valence-corrected chi connectivity index (χ3v) is 5.18. The Labute approximate surface area is 196 Å². The summed E-state index contributed by atoms with van der Waals surface area (Å²) in [5, 5.41) is 5.04. The molecular weight excluding hydrogens is 446 g/mol. The van der Waals surface area contributed by atoms with E-state index in [-0.39, 0.29) is 11.5 Å². The fourth-order valence-electron chi connectivity index (χ4n) is 3.78. The maximum atomic E-state index is 13.7. The normalized spacial score (nSPS) is 16.1. The molecule has 0 radical (unpaired) electrons. The zero-order chi connectivity index (χ0) is 25.0. The molecule has 1 atom stereocenters. The number of nitrogens with one attached hydrogen (secondary N) is 2. The average Bonchev–Trinajstić information content (AvgIpc) is 2.73. The van der Waals surface area contributed by atoms with Gasteiger partial charge in [0, 0.05) is 12.6 Å². The van der Waals surface area contributed by atoms with Crippen LogP contribution in [0.4, 0.5) is 25.1 Å². The van der Waals surface area contributed by atoms with E-state index in [9.17, 15) is 23.2 Å². The Morgan fingerprint density at radius 3 is 2.35 bits per heavy atom. The topological polar surface area (TPSA) is 101 Å². The predicted molar refractivity (Wildman–Crippen MR) is 122 cm³/mol. The molecular formula is C24H28F2N4O4. The van der Waals surface area contributed by atoms with E-state index in [1.54, 1.807) is 33.8 Å². The van der Waals surface area contributed by atoms with Gasteiger partial charge in [0.1, 0.15) is 23.1 Å². The first-order chi connectivity index (χ1) is 15.9. The fraction of sp³-hybridized carbons (Fsp3) is 0.417. The molecule has 1 aliphatic heterocycles. The van der Waals surface area contributed by atoms with Crippen molar-refractivity contribution >= 4 is 29.4 Å². The molecule has 2 heterocycles. The summed E-state index contributed by atoms with van der Waals surface area (Å²) in [5.41, 5.74) is 0.446. The summed E-state index contributed by atoms with van der Waals surface area (Å²) in [6.45, 7) is 7.18. The number of benzene rings is 1. The number of piperidine rings is 1. The van der Waals surface area contributed by atoms with E-state index in [0.29, 0.717) is 30.5 Å². The number of carbonyl (C=O) groups is 3. The summed E-state index contributed by atoms with van der Waals surface area (Å²) in [7, 11) is 0. The molecule has 0 aliphatic carbocycles. The van der Waals surface area contributed by atoms with Gasteiger partial charge < -0.3 is 15.0 Å². The quantitative estimate of drug-likeness (QED) is 0.628. The lowest BCUT2D eigenvalue weighted by molar-refractivity contribution is -0.145. The number of likely N-dealkylation sites (tertiary alicyclic amines) is 1. The highest BCUT2D eigenvalue weighted by molar-refractivity contribution is 6.39. The zero-order valence-corrected chi connectivity index (χ0v) is 19.6. The number of nitrogens with zero attached hydrogens (tertiary/aromatic N) is 2. The number of anilines is 2. The molecule has 1 fully saturated rings. The Kier molecular flexibility index (Phi) is 7.48. The molecule has 0 saturated carbocycles. The number of pyridine rings is 1. The van der Waals surface area contributed by atoms with Crippen molar-refractivity contribution in [2.45, 2.75) is 58.6 Å². The van der Waals surface area contributed by atoms with Gasteiger partial charge in [0.2, 0.25) is 0 Å². The van der Waals surface area contributed by atoms with Crippen LogP contribution in [0.5, 0.6) is 0 Å². The summed E-state index contributed by atoms with van der Waals surface area (Å²) in [4.78, 5) is 43.0. The number of hydrogen-bond donors (Lipinski definition) is 2. The van der Waals surface area contributed by atoms with Crippen LogP contribution in [0.15, 0.2) is 30.5 Å². The van der Waals surface area contributed by atoms with Crippen molar-refractivity contribution in [3.8, 4) is 0 Å². The van der Waals surface area contributed by atoms with Crippen LogP contribution in [0, 0.1) is 18.6 Å². The van der Waals surface area contributed by atoms with Gasteiger partial charge in [0.15, 0.2) is 0 Å². The van der Waals surface area contributed by atoms with Crippen molar-refractivity contribution in [1.82, 2.24) is 9.88 Å². The molecule has 1 aliphatic rings. The van der Waals surface area contributed by atoms with Crippen molar-refractivity contribution in [2.75, 3.05) is 17.2 Å². The zero-order valence-electron chi connectivity index (χ0n) is 19.6. The summed E-state index contributed by atoms with van der Waals surface area (Å²) >= 11 is 0. The molecule has 8 nitrogen and oxygen atoms in total. The van der Waals surface area contributed by atoms with Gasteiger partial charge in [-0.1, -0.05) is 0 Å². The Bertz CT molecular complexity index is 1080. The second kappa shape index (κ2) is 10.1. The minimum absolute atomic E-state index is 0.253. The van der Waals surface area contributed by atoms with Crippen molar-refractivity contribution in [3.05, 3.63) is 53.2 Å². The van der Waals surface area contributed by atoms with Gasteiger partial charge in [0.25, 0.3) is 0 Å². The van der Waals surface area contributed by atoms with Crippen LogP contribution in [0.3, 0.4) is 0 Å². The second-order valence-corrected chi connectivity index (χ2v) is 9.18. The first kappa shape index (κ1) is 25.1. The highest BCUT2D eigenvalue weighted by Crippen LogP contribution is 2.32. The van der Waals surface area contributed by atoms with Crippen LogP contribution >= 0.6 is 0 Å². The van der Waals surface area contributed by atoms with E-state index in [2.05, 4.69) is 15.6 Å². The van der Waals surface area contributed by atoms with Gasteiger partial charge in [-0.05, 0) is 76.3 Å². The number of carbonyl (C=O) groups excluding carboxylic acids is 3. The number of aryl methyl sites for hydroxylation is 1. The van der Waals surface area contributed by atoms with Gasteiger partial charge in [-0.15, -0.1) is 0 Å². The number of ether oxygens (including phenoxy) is 1. The molecule has 1 saturated heterocycles. The van der Waals surface area contributed by atoms with Crippen LogP contribution in [0.2, 0.25) is 0 Å². The first-order valence-corrected chi connectivity index (χ1v) is 11.0. The van der Waals surface area contributed by atoms with Gasteiger partial charge in [-0.25, -0.2) is 18.6 Å². The predicted octanol–water partition coefficient (Wildman–Crippen LogP) is 4.71. The first-order valence-electron chi connectivity index (χ1n) is 11.0. The number of hydrogen-bond acceptors (Lipinski definition) is 5. The van der Waals surface area contributed by atoms with Gasteiger partial charge in [0.05, 0.1) is 17.9 Å². The monoisotopic (exact) mass is 474 g/mol. The van der Waals surface area contributed by atoms with Gasteiger partial charge in [-0.2, -0.15) is 0 Å². The number of amides is 3. The van der Waals surface area contributed by atoms with E-state index < -0.39 is 41.2 Å². The highest BCUT2D eigenvalue weighted by atomic mass is 19.1. The van der Waals surface area contributed by atoms with Crippen LogP contribution < -0.4 is 10.6 Å². The molecule has 34 heavy (non-hydrogen) atoms. The summed E-state index contributed by atoms with van der Waals surface area (Å²) in [5.74, 6) is -2.92. The molecule has 182 valence electrons. The smallest absolute Gasteiger partial charge is 0.413 e. The van der Waals surface area contributed by atoms with Crippen molar-refractivity contribution in [2.24, 2.45) is 0 Å². The number of aromatic nitrogens is 1. The molecule has 2 aromatic rings. The Hall–Kier alpha value is -3.56. The maximum Gasteiger partial charge on any atom is 0.413 e. The molecule has 1 aromatic heterocycles. The van der Waals surface area contributed by atoms with Gasteiger partial charge >= 0.3 is 17.9 Å². The van der Waals surface area contributed by atoms with E-state index in [4.69, 9.17) is 4.74 Å². The molecule has 2 N–H and O–H groups in total. The maximum absolute atomic E-state index is 13.7. The molecule has 0 unspecified atom stereocenters. The minimum atomic E-state index is -0.891. The third kappa shape index (κ3) is 6.49. The van der Waals surface area contributed by atoms with Crippen LogP contribution in [-0.2, 0) is 14.3 Å². The van der Waals surface area contributed by atoms with Crippen LogP contribution in [0.25, 0.3) is 0 Å². The van der Waals surface area contributed by atoms with Crippen molar-refractivity contribution in [1.29, 1.82) is 0 Å². The van der Waals surface area contributed by atoms with Crippen molar-refractivity contribution in [3.63, 3.8) is 0 Å². The molecule has 10 heteroatoms. The highest BCUT2D eigenvalue weighted by Gasteiger charge is 2.32. The summed E-state index contributed by atoms with van der Waals surface area (Å²) in [6.07, 6.45) is 2.58. The average molecular weight is 475 g/mol. The molecule has 0 spiro atoms. The number of rotatable bonds is 3. The van der Waals surface area contributed by atoms with E-state index in [0.717, 1.165) is 12.5 Å². The van der Waals surface area contributed by atoms with Crippen molar-refractivity contribution < 1.29 is 27.9 Å². The van der Waals surface area contributed by atoms with Crippen LogP contribution in [-0.4, -0.2) is 39.9 Å². The summed E-state index contributed by atoms with van der Waals surface area (Å²) in [6, 6.07) is 4.09. The molecule has 0 bridgehead atoms. The Morgan fingerprint density at radius 2 is 1.74 bits per heavy atom. The lowest BCUT2D eigenvalue weighted by Gasteiger charge is -2.35.